The molecule has 0 aliphatic carbocycles. The summed E-state index contributed by atoms with van der Waals surface area (Å²) in [6.45, 7) is 10.7. The Bertz CT molecular complexity index is 400. The first kappa shape index (κ1) is 15.7. The van der Waals surface area contributed by atoms with Gasteiger partial charge in [-0.05, 0) is 40.2 Å². The topological polar surface area (TPSA) is 59.0 Å². The number of aromatic nitrogens is 2. The number of hydrogen-bond donors (Lipinski definition) is 2. The molecule has 2 unspecified atom stereocenters. The maximum Gasteiger partial charge on any atom is 0.237 e. The molecule has 1 amide bonds. The van der Waals surface area contributed by atoms with Crippen molar-refractivity contribution in [2.45, 2.75) is 65.7 Å². The van der Waals surface area contributed by atoms with Crippen molar-refractivity contribution in [2.75, 3.05) is 0 Å². The van der Waals surface area contributed by atoms with E-state index in [0.29, 0.717) is 12.6 Å². The Morgan fingerprint density at radius 1 is 1.37 bits per heavy atom. The van der Waals surface area contributed by atoms with Crippen LogP contribution in [0.5, 0.6) is 0 Å². The van der Waals surface area contributed by atoms with Crippen molar-refractivity contribution in [1.82, 2.24) is 20.4 Å². The predicted molar refractivity (Wildman–Crippen MR) is 76.8 cm³/mol. The summed E-state index contributed by atoms with van der Waals surface area (Å²) >= 11 is 0. The predicted octanol–water partition coefficient (Wildman–Crippen LogP) is 1.86. The van der Waals surface area contributed by atoms with Crippen LogP contribution in [0.2, 0.25) is 0 Å². The second-order valence-electron chi connectivity index (χ2n) is 5.31. The largest absolute Gasteiger partial charge is 0.353 e. The third kappa shape index (κ3) is 5.03. The quantitative estimate of drug-likeness (QED) is 0.792. The lowest BCUT2D eigenvalue weighted by Crippen LogP contribution is -2.44. The second kappa shape index (κ2) is 7.28. The van der Waals surface area contributed by atoms with Crippen molar-refractivity contribution in [3.05, 3.63) is 18.0 Å². The minimum Gasteiger partial charge on any atom is -0.353 e. The van der Waals surface area contributed by atoms with Crippen molar-refractivity contribution in [3.8, 4) is 0 Å². The van der Waals surface area contributed by atoms with E-state index < -0.39 is 0 Å². The number of amides is 1. The van der Waals surface area contributed by atoms with Crippen LogP contribution in [0.15, 0.2) is 12.3 Å². The van der Waals surface area contributed by atoms with Crippen LogP contribution in [-0.4, -0.2) is 27.8 Å². The molecule has 0 saturated carbocycles. The van der Waals surface area contributed by atoms with Crippen molar-refractivity contribution < 1.29 is 4.79 Å². The molecule has 0 aliphatic heterocycles. The molecule has 0 radical (unpaired) electrons. The fraction of sp³-hybridized carbons (Fsp3) is 0.714. The summed E-state index contributed by atoms with van der Waals surface area (Å²) in [5, 5.41) is 10.6. The van der Waals surface area contributed by atoms with Gasteiger partial charge < -0.3 is 10.6 Å². The van der Waals surface area contributed by atoms with Gasteiger partial charge in [-0.1, -0.05) is 6.92 Å². The summed E-state index contributed by atoms with van der Waals surface area (Å²) in [7, 11) is 0. The highest BCUT2D eigenvalue weighted by Gasteiger charge is 2.13. The highest BCUT2D eigenvalue weighted by Crippen LogP contribution is 2.09. The minimum absolute atomic E-state index is 0.0244. The molecule has 2 N–H and O–H groups in total. The number of carbonyl (C=O) groups is 1. The lowest BCUT2D eigenvalue weighted by atomic mass is 10.2. The van der Waals surface area contributed by atoms with E-state index in [1.165, 1.54) is 0 Å². The summed E-state index contributed by atoms with van der Waals surface area (Å²) in [6, 6.07) is 2.36. The molecule has 0 aliphatic rings. The van der Waals surface area contributed by atoms with E-state index in [1.807, 2.05) is 37.7 Å². The van der Waals surface area contributed by atoms with E-state index in [2.05, 4.69) is 29.6 Å². The van der Waals surface area contributed by atoms with Gasteiger partial charge >= 0.3 is 0 Å². The van der Waals surface area contributed by atoms with Crippen LogP contribution in [0.25, 0.3) is 0 Å². The van der Waals surface area contributed by atoms with Crippen LogP contribution in [0.1, 0.15) is 52.8 Å². The lowest BCUT2D eigenvalue weighted by Gasteiger charge is -2.15. The molecule has 19 heavy (non-hydrogen) atoms. The standard InChI is InChI=1S/C14H26N4O/c1-6-11(4)18-8-7-13(17-18)9-15-12(5)14(19)16-10(2)3/h7-8,10-12,15H,6,9H2,1-5H3,(H,16,19). The van der Waals surface area contributed by atoms with Crippen LogP contribution in [-0.2, 0) is 11.3 Å². The molecule has 0 bridgehead atoms. The van der Waals surface area contributed by atoms with Gasteiger partial charge in [0.1, 0.15) is 0 Å². The first-order valence-electron chi connectivity index (χ1n) is 7.01. The number of rotatable bonds is 7. The zero-order valence-corrected chi connectivity index (χ0v) is 12.6. The molecule has 2 atom stereocenters. The smallest absolute Gasteiger partial charge is 0.237 e. The Kier molecular flexibility index (Phi) is 6.02. The van der Waals surface area contributed by atoms with Gasteiger partial charge in [0.05, 0.1) is 11.7 Å². The van der Waals surface area contributed by atoms with Crippen LogP contribution >= 0.6 is 0 Å². The van der Waals surface area contributed by atoms with Gasteiger partial charge in [-0.2, -0.15) is 5.10 Å². The van der Waals surface area contributed by atoms with Gasteiger partial charge in [-0.3, -0.25) is 9.48 Å². The summed E-state index contributed by atoms with van der Waals surface area (Å²) < 4.78 is 1.97. The highest BCUT2D eigenvalue weighted by atomic mass is 16.2. The van der Waals surface area contributed by atoms with Gasteiger partial charge in [-0.15, -0.1) is 0 Å². The zero-order chi connectivity index (χ0) is 14.4. The molecule has 0 spiro atoms. The Hall–Kier alpha value is -1.36. The van der Waals surface area contributed by atoms with E-state index in [0.717, 1.165) is 12.1 Å². The average Bonchev–Trinajstić information content (AvgIpc) is 2.82. The lowest BCUT2D eigenvalue weighted by molar-refractivity contribution is -0.123. The molecule has 5 heteroatoms. The van der Waals surface area contributed by atoms with Gasteiger partial charge in [0.25, 0.3) is 0 Å². The average molecular weight is 266 g/mol. The van der Waals surface area contributed by atoms with Gasteiger partial charge in [0, 0.05) is 24.8 Å². The molecule has 5 nitrogen and oxygen atoms in total. The maximum absolute atomic E-state index is 11.7. The summed E-state index contributed by atoms with van der Waals surface area (Å²) in [6.07, 6.45) is 3.05. The molecule has 1 aromatic rings. The fourth-order valence-corrected chi connectivity index (χ4v) is 1.66. The molecule has 108 valence electrons. The van der Waals surface area contributed by atoms with E-state index in [4.69, 9.17) is 0 Å². The molecule has 0 aromatic carbocycles. The number of nitrogens with one attached hydrogen (secondary N) is 2. The second-order valence-corrected chi connectivity index (χ2v) is 5.31. The SMILES string of the molecule is CCC(C)n1ccc(CNC(C)C(=O)NC(C)C)n1. The Labute approximate surface area is 115 Å². The minimum atomic E-state index is -0.212. The molecule has 1 heterocycles. The molecule has 1 rings (SSSR count). The first-order valence-corrected chi connectivity index (χ1v) is 7.01. The van der Waals surface area contributed by atoms with Crippen LogP contribution < -0.4 is 10.6 Å². The number of carbonyl (C=O) groups excluding carboxylic acids is 1. The zero-order valence-electron chi connectivity index (χ0n) is 12.6. The summed E-state index contributed by atoms with van der Waals surface area (Å²) in [5.41, 5.74) is 0.962. The fourth-order valence-electron chi connectivity index (χ4n) is 1.66. The molecular formula is C14H26N4O. The Morgan fingerprint density at radius 3 is 2.63 bits per heavy atom. The summed E-state index contributed by atoms with van der Waals surface area (Å²) in [4.78, 5) is 11.7. The van der Waals surface area contributed by atoms with Gasteiger partial charge in [0.2, 0.25) is 5.91 Å². The van der Waals surface area contributed by atoms with Crippen molar-refractivity contribution >= 4 is 5.91 Å². The van der Waals surface area contributed by atoms with E-state index in [-0.39, 0.29) is 18.0 Å². The van der Waals surface area contributed by atoms with Crippen molar-refractivity contribution in [3.63, 3.8) is 0 Å². The third-order valence-electron chi connectivity index (χ3n) is 3.12. The Morgan fingerprint density at radius 2 is 2.05 bits per heavy atom. The molecule has 0 saturated heterocycles. The van der Waals surface area contributed by atoms with Crippen LogP contribution in [0.4, 0.5) is 0 Å². The maximum atomic E-state index is 11.7. The molecular weight excluding hydrogens is 240 g/mol. The monoisotopic (exact) mass is 266 g/mol. The molecule has 1 aromatic heterocycles. The van der Waals surface area contributed by atoms with E-state index in [9.17, 15) is 4.79 Å². The van der Waals surface area contributed by atoms with E-state index >= 15 is 0 Å². The number of hydrogen-bond acceptors (Lipinski definition) is 3. The van der Waals surface area contributed by atoms with E-state index in [1.54, 1.807) is 0 Å². The van der Waals surface area contributed by atoms with Crippen molar-refractivity contribution in [2.24, 2.45) is 0 Å². The normalized spacial score (nSPS) is 14.4. The van der Waals surface area contributed by atoms with Gasteiger partial charge in [-0.25, -0.2) is 0 Å². The number of nitrogens with zero attached hydrogens (tertiary/aromatic N) is 2. The first-order chi connectivity index (χ1) is 8.93. The van der Waals surface area contributed by atoms with Crippen LogP contribution in [0, 0.1) is 0 Å². The summed E-state index contributed by atoms with van der Waals surface area (Å²) in [5.74, 6) is 0.0244. The van der Waals surface area contributed by atoms with Gasteiger partial charge in [0.15, 0.2) is 0 Å². The molecule has 0 fully saturated rings. The van der Waals surface area contributed by atoms with Crippen molar-refractivity contribution in [1.29, 1.82) is 0 Å². The van der Waals surface area contributed by atoms with Crippen LogP contribution in [0.3, 0.4) is 0 Å². The Balaban J connectivity index is 2.44. The third-order valence-corrected chi connectivity index (χ3v) is 3.12. The highest BCUT2D eigenvalue weighted by molar-refractivity contribution is 5.81.